The number of hydrogen-bond donors (Lipinski definition) is 1. The molecule has 0 aromatic heterocycles. The molecule has 0 amide bonds. The Morgan fingerprint density at radius 3 is 2.40 bits per heavy atom. The van der Waals surface area contributed by atoms with Crippen LogP contribution in [0.15, 0.2) is 0 Å². The van der Waals surface area contributed by atoms with E-state index in [1.54, 1.807) is 7.11 Å². The smallest absolute Gasteiger partial charge is 0.0936 e. The van der Waals surface area contributed by atoms with Crippen LogP contribution in [0.25, 0.3) is 0 Å². The first kappa shape index (κ1) is 12.9. The Balaban J connectivity index is 2.22. The van der Waals surface area contributed by atoms with E-state index in [4.69, 9.17) is 9.47 Å². The van der Waals surface area contributed by atoms with Crippen molar-refractivity contribution in [3.8, 4) is 0 Å². The summed E-state index contributed by atoms with van der Waals surface area (Å²) in [7, 11) is 1.73. The SMILES string of the molecule is COCC(CNC(C)(C)C)OC1CCC1. The van der Waals surface area contributed by atoms with Crippen LogP contribution in [-0.4, -0.2) is 38.0 Å². The van der Waals surface area contributed by atoms with Gasteiger partial charge < -0.3 is 14.8 Å². The van der Waals surface area contributed by atoms with Gasteiger partial charge in [0.1, 0.15) is 0 Å². The predicted molar refractivity (Wildman–Crippen MR) is 62.1 cm³/mol. The third kappa shape index (κ3) is 5.50. The number of methoxy groups -OCH3 is 1. The molecule has 1 aliphatic carbocycles. The van der Waals surface area contributed by atoms with Crippen molar-refractivity contribution >= 4 is 0 Å². The van der Waals surface area contributed by atoms with Crippen LogP contribution in [0.3, 0.4) is 0 Å². The molecule has 15 heavy (non-hydrogen) atoms. The minimum Gasteiger partial charge on any atom is -0.382 e. The van der Waals surface area contributed by atoms with Crippen molar-refractivity contribution < 1.29 is 9.47 Å². The minimum atomic E-state index is 0.148. The Bertz CT molecular complexity index is 173. The molecule has 0 bridgehead atoms. The quantitative estimate of drug-likeness (QED) is 0.734. The molecule has 1 N–H and O–H groups in total. The number of rotatable bonds is 6. The molecule has 3 nitrogen and oxygen atoms in total. The van der Waals surface area contributed by atoms with Gasteiger partial charge in [-0.1, -0.05) is 0 Å². The van der Waals surface area contributed by atoms with Gasteiger partial charge in [0, 0.05) is 19.2 Å². The maximum Gasteiger partial charge on any atom is 0.0936 e. The molecule has 0 aliphatic heterocycles. The van der Waals surface area contributed by atoms with Crippen molar-refractivity contribution in [2.45, 2.75) is 57.8 Å². The largest absolute Gasteiger partial charge is 0.382 e. The molecule has 0 spiro atoms. The zero-order chi connectivity index (χ0) is 11.3. The van der Waals surface area contributed by atoms with Crippen LogP contribution in [0.2, 0.25) is 0 Å². The van der Waals surface area contributed by atoms with Gasteiger partial charge in [0.15, 0.2) is 0 Å². The maximum absolute atomic E-state index is 5.93. The number of ether oxygens (including phenoxy) is 2. The Hall–Kier alpha value is -0.120. The van der Waals surface area contributed by atoms with Crippen LogP contribution >= 0.6 is 0 Å². The first-order valence-corrected chi connectivity index (χ1v) is 5.90. The second-order valence-electron chi connectivity index (χ2n) is 5.40. The monoisotopic (exact) mass is 215 g/mol. The molecule has 0 heterocycles. The van der Waals surface area contributed by atoms with Gasteiger partial charge >= 0.3 is 0 Å². The molecule has 0 radical (unpaired) electrons. The highest BCUT2D eigenvalue weighted by molar-refractivity contribution is 4.76. The summed E-state index contributed by atoms with van der Waals surface area (Å²) in [6, 6.07) is 0. The van der Waals surface area contributed by atoms with Crippen LogP contribution in [0.5, 0.6) is 0 Å². The second-order valence-corrected chi connectivity index (χ2v) is 5.40. The molecular formula is C12H25NO2. The van der Waals surface area contributed by atoms with Crippen molar-refractivity contribution in [2.75, 3.05) is 20.3 Å². The van der Waals surface area contributed by atoms with Crippen LogP contribution < -0.4 is 5.32 Å². The van der Waals surface area contributed by atoms with Crippen molar-refractivity contribution in [3.63, 3.8) is 0 Å². The summed E-state index contributed by atoms with van der Waals surface area (Å²) in [5, 5.41) is 3.46. The number of nitrogens with one attached hydrogen (secondary N) is 1. The topological polar surface area (TPSA) is 30.5 Å². The van der Waals surface area contributed by atoms with E-state index in [1.807, 2.05) is 0 Å². The standard InChI is InChI=1S/C12H25NO2/c1-12(2,3)13-8-11(9-14-4)15-10-6-5-7-10/h10-11,13H,5-9H2,1-4H3. The highest BCUT2D eigenvalue weighted by Crippen LogP contribution is 2.23. The lowest BCUT2D eigenvalue weighted by atomic mass is 9.96. The Morgan fingerprint density at radius 2 is 2.00 bits per heavy atom. The zero-order valence-corrected chi connectivity index (χ0v) is 10.5. The molecule has 3 heteroatoms. The molecule has 0 aromatic rings. The van der Waals surface area contributed by atoms with E-state index in [0.717, 1.165) is 6.54 Å². The highest BCUT2D eigenvalue weighted by atomic mass is 16.5. The third-order valence-electron chi connectivity index (χ3n) is 2.65. The van der Waals surface area contributed by atoms with Gasteiger partial charge in [0.05, 0.1) is 18.8 Å². The van der Waals surface area contributed by atoms with Gasteiger partial charge in [0.2, 0.25) is 0 Å². The zero-order valence-electron chi connectivity index (χ0n) is 10.5. The molecule has 1 saturated carbocycles. The van der Waals surface area contributed by atoms with Crippen LogP contribution in [-0.2, 0) is 9.47 Å². The molecule has 1 atom stereocenters. The fourth-order valence-electron chi connectivity index (χ4n) is 1.53. The lowest BCUT2D eigenvalue weighted by Crippen LogP contribution is -2.44. The molecule has 0 aromatic carbocycles. The van der Waals surface area contributed by atoms with E-state index in [-0.39, 0.29) is 11.6 Å². The summed E-state index contributed by atoms with van der Waals surface area (Å²) in [6.07, 6.45) is 4.43. The van der Waals surface area contributed by atoms with E-state index in [2.05, 4.69) is 26.1 Å². The second kappa shape index (κ2) is 5.83. The van der Waals surface area contributed by atoms with Crippen LogP contribution in [0.4, 0.5) is 0 Å². The molecule has 90 valence electrons. The van der Waals surface area contributed by atoms with Gasteiger partial charge in [-0.05, 0) is 40.0 Å². The normalized spacial score (nSPS) is 20.0. The lowest BCUT2D eigenvalue weighted by Gasteiger charge is -2.32. The van der Waals surface area contributed by atoms with E-state index in [9.17, 15) is 0 Å². The summed E-state index contributed by atoms with van der Waals surface area (Å²) in [6.45, 7) is 8.05. The highest BCUT2D eigenvalue weighted by Gasteiger charge is 2.23. The van der Waals surface area contributed by atoms with Crippen LogP contribution in [0, 0.1) is 0 Å². The van der Waals surface area contributed by atoms with Gasteiger partial charge in [-0.25, -0.2) is 0 Å². The summed E-state index contributed by atoms with van der Waals surface area (Å²) >= 11 is 0. The fraction of sp³-hybridized carbons (Fsp3) is 1.00. The first-order valence-electron chi connectivity index (χ1n) is 5.90. The van der Waals surface area contributed by atoms with Crippen molar-refractivity contribution in [3.05, 3.63) is 0 Å². The Kier molecular flexibility index (Phi) is 5.03. The maximum atomic E-state index is 5.93. The third-order valence-corrected chi connectivity index (χ3v) is 2.65. The average Bonchev–Trinajstić information content (AvgIpc) is 2.05. The average molecular weight is 215 g/mol. The molecule has 1 fully saturated rings. The Morgan fingerprint density at radius 1 is 1.33 bits per heavy atom. The fourth-order valence-corrected chi connectivity index (χ4v) is 1.53. The molecule has 1 unspecified atom stereocenters. The summed E-state index contributed by atoms with van der Waals surface area (Å²) in [4.78, 5) is 0. The van der Waals surface area contributed by atoms with Crippen LogP contribution in [0.1, 0.15) is 40.0 Å². The van der Waals surface area contributed by atoms with Gasteiger partial charge in [-0.15, -0.1) is 0 Å². The van der Waals surface area contributed by atoms with Crippen molar-refractivity contribution in [2.24, 2.45) is 0 Å². The van der Waals surface area contributed by atoms with Crippen molar-refractivity contribution in [1.82, 2.24) is 5.32 Å². The van der Waals surface area contributed by atoms with Gasteiger partial charge in [-0.2, -0.15) is 0 Å². The molecule has 1 rings (SSSR count). The van der Waals surface area contributed by atoms with E-state index in [1.165, 1.54) is 19.3 Å². The van der Waals surface area contributed by atoms with E-state index in [0.29, 0.717) is 12.7 Å². The first-order chi connectivity index (χ1) is 7.01. The van der Waals surface area contributed by atoms with Crippen molar-refractivity contribution in [1.29, 1.82) is 0 Å². The summed E-state index contributed by atoms with van der Waals surface area (Å²) in [5.74, 6) is 0. The molecular weight excluding hydrogens is 190 g/mol. The lowest BCUT2D eigenvalue weighted by molar-refractivity contribution is -0.0777. The van der Waals surface area contributed by atoms with Gasteiger partial charge in [0.25, 0.3) is 0 Å². The Labute approximate surface area is 93.5 Å². The molecule has 0 saturated heterocycles. The molecule has 1 aliphatic rings. The van der Waals surface area contributed by atoms with Gasteiger partial charge in [-0.3, -0.25) is 0 Å². The minimum absolute atomic E-state index is 0.148. The number of hydrogen-bond acceptors (Lipinski definition) is 3. The summed E-state index contributed by atoms with van der Waals surface area (Å²) < 4.78 is 11.1. The predicted octanol–water partition coefficient (Wildman–Crippen LogP) is 1.96. The van der Waals surface area contributed by atoms with E-state index < -0.39 is 0 Å². The van der Waals surface area contributed by atoms with E-state index >= 15 is 0 Å². The summed E-state index contributed by atoms with van der Waals surface area (Å²) in [5.41, 5.74) is 0.148.